The van der Waals surface area contributed by atoms with Gasteiger partial charge in [0.25, 0.3) is 5.91 Å². The van der Waals surface area contributed by atoms with Crippen molar-refractivity contribution in [1.29, 1.82) is 0 Å². The van der Waals surface area contributed by atoms with Gasteiger partial charge in [0, 0.05) is 6.54 Å². The summed E-state index contributed by atoms with van der Waals surface area (Å²) in [4.78, 5) is 11.0. The number of hydrogen-bond acceptors (Lipinski definition) is 3. The maximum atomic E-state index is 13.4. The largest absolute Gasteiger partial charge is 0.352 e. The van der Waals surface area contributed by atoms with Crippen molar-refractivity contribution in [1.82, 2.24) is 5.32 Å². The van der Waals surface area contributed by atoms with E-state index in [1.165, 1.54) is 0 Å². The molecule has 1 amide bonds. The van der Waals surface area contributed by atoms with Crippen LogP contribution < -0.4 is 10.5 Å². The molecule has 0 aromatic heterocycles. The molecule has 0 radical (unpaired) electrons. The summed E-state index contributed by atoms with van der Waals surface area (Å²) in [5, 5.41) is 7.25. The highest BCUT2D eigenvalue weighted by Gasteiger charge is 2.20. The maximum absolute atomic E-state index is 13.4. The van der Waals surface area contributed by atoms with Crippen LogP contribution in [0.15, 0.2) is 17.0 Å². The second kappa shape index (κ2) is 6.31. The van der Waals surface area contributed by atoms with Crippen LogP contribution in [-0.2, 0) is 10.0 Å². The van der Waals surface area contributed by atoms with Crippen LogP contribution in [0.5, 0.6) is 0 Å². The van der Waals surface area contributed by atoms with Crippen molar-refractivity contribution in [2.24, 2.45) is 5.14 Å². The summed E-state index contributed by atoms with van der Waals surface area (Å²) in [5.74, 6) is -1.65. The van der Waals surface area contributed by atoms with Crippen LogP contribution >= 0.6 is 11.6 Å². The van der Waals surface area contributed by atoms with Crippen molar-refractivity contribution >= 4 is 27.5 Å². The van der Waals surface area contributed by atoms with Crippen molar-refractivity contribution in [2.45, 2.75) is 24.7 Å². The van der Waals surface area contributed by atoms with E-state index in [4.69, 9.17) is 16.7 Å². The highest BCUT2D eigenvalue weighted by Crippen LogP contribution is 2.23. The summed E-state index contributed by atoms with van der Waals surface area (Å²) < 4.78 is 35.7. The molecule has 1 aromatic carbocycles. The molecule has 0 aliphatic rings. The van der Waals surface area contributed by atoms with Gasteiger partial charge in [0.1, 0.15) is 10.7 Å². The number of benzene rings is 1. The first kappa shape index (κ1) is 15.9. The molecule has 0 bridgehead atoms. The van der Waals surface area contributed by atoms with Crippen LogP contribution in [0.2, 0.25) is 5.02 Å². The first-order valence-corrected chi connectivity index (χ1v) is 7.49. The minimum atomic E-state index is -4.25. The summed E-state index contributed by atoms with van der Waals surface area (Å²) in [6.07, 6.45) is 1.66. The molecule has 0 heterocycles. The number of primary sulfonamides is 1. The van der Waals surface area contributed by atoms with Gasteiger partial charge in [0.15, 0.2) is 0 Å². The molecule has 0 fully saturated rings. The minimum Gasteiger partial charge on any atom is -0.352 e. The van der Waals surface area contributed by atoms with Gasteiger partial charge in [0.05, 0.1) is 10.6 Å². The summed E-state index contributed by atoms with van der Waals surface area (Å²) in [6.45, 7) is 2.38. The molecular weight excluding hydrogens is 295 g/mol. The van der Waals surface area contributed by atoms with Gasteiger partial charge in [-0.25, -0.2) is 17.9 Å². The number of carbonyl (C=O) groups excluding carboxylic acids is 1. The number of amides is 1. The molecule has 0 aliphatic heterocycles. The van der Waals surface area contributed by atoms with Crippen LogP contribution in [0.3, 0.4) is 0 Å². The van der Waals surface area contributed by atoms with Gasteiger partial charge in [-0.1, -0.05) is 24.9 Å². The first-order chi connectivity index (χ1) is 8.77. The molecular formula is C11H14ClFN2O3S. The fraction of sp³-hybridized carbons (Fsp3) is 0.364. The summed E-state index contributed by atoms with van der Waals surface area (Å²) in [7, 11) is -4.25. The highest BCUT2D eigenvalue weighted by molar-refractivity contribution is 7.89. The molecule has 1 rings (SSSR count). The Hall–Kier alpha value is -1.18. The third-order valence-corrected chi connectivity index (χ3v) is 3.63. The molecule has 0 spiro atoms. The van der Waals surface area contributed by atoms with Crippen molar-refractivity contribution in [3.63, 3.8) is 0 Å². The van der Waals surface area contributed by atoms with Gasteiger partial charge in [-0.15, -0.1) is 0 Å². The lowest BCUT2D eigenvalue weighted by atomic mass is 10.2. The average molecular weight is 309 g/mol. The summed E-state index contributed by atoms with van der Waals surface area (Å²) in [5.41, 5.74) is -0.122. The molecule has 0 saturated heterocycles. The molecule has 19 heavy (non-hydrogen) atoms. The number of nitrogens with two attached hydrogens (primary N) is 1. The second-order valence-corrected chi connectivity index (χ2v) is 5.85. The lowest BCUT2D eigenvalue weighted by Crippen LogP contribution is -2.25. The standard InChI is InChI=1S/C11H14ClFN2O3S/c1-2-3-4-15-11(16)7-5-10(19(14,17)18)9(13)6-8(7)12/h5-6H,2-4H2,1H3,(H,15,16)(H2,14,17,18). The van der Waals surface area contributed by atoms with Gasteiger partial charge in [-0.3, -0.25) is 4.79 Å². The molecule has 0 saturated carbocycles. The van der Waals surface area contributed by atoms with Crippen LogP contribution in [0.1, 0.15) is 30.1 Å². The second-order valence-electron chi connectivity index (χ2n) is 3.92. The molecule has 3 N–H and O–H groups in total. The molecule has 0 aliphatic carbocycles. The van der Waals surface area contributed by atoms with Gasteiger partial charge >= 0.3 is 0 Å². The zero-order valence-corrected chi connectivity index (χ0v) is 11.8. The van der Waals surface area contributed by atoms with E-state index in [0.717, 1.165) is 25.0 Å². The van der Waals surface area contributed by atoms with Gasteiger partial charge < -0.3 is 5.32 Å². The van der Waals surface area contributed by atoms with E-state index in [1.807, 2.05) is 6.92 Å². The van der Waals surface area contributed by atoms with Crippen LogP contribution in [-0.4, -0.2) is 20.9 Å². The van der Waals surface area contributed by atoms with Gasteiger partial charge in [0.2, 0.25) is 10.0 Å². The fourth-order valence-electron chi connectivity index (χ4n) is 1.40. The molecule has 106 valence electrons. The predicted octanol–water partition coefficient (Wildman–Crippen LogP) is 1.66. The third kappa shape index (κ3) is 4.15. The zero-order valence-electron chi connectivity index (χ0n) is 10.2. The monoisotopic (exact) mass is 308 g/mol. The van der Waals surface area contributed by atoms with E-state index >= 15 is 0 Å². The Kier molecular flexibility index (Phi) is 5.28. The fourth-order valence-corrected chi connectivity index (χ4v) is 2.24. The van der Waals surface area contributed by atoms with Crippen molar-refractivity contribution < 1.29 is 17.6 Å². The zero-order chi connectivity index (χ0) is 14.6. The van der Waals surface area contributed by atoms with Crippen molar-refractivity contribution in [3.05, 3.63) is 28.5 Å². The van der Waals surface area contributed by atoms with E-state index in [-0.39, 0.29) is 10.6 Å². The number of hydrogen-bond donors (Lipinski definition) is 2. The van der Waals surface area contributed by atoms with Gasteiger partial charge in [-0.05, 0) is 18.6 Å². The maximum Gasteiger partial charge on any atom is 0.252 e. The van der Waals surface area contributed by atoms with E-state index in [0.29, 0.717) is 6.54 Å². The van der Waals surface area contributed by atoms with E-state index in [9.17, 15) is 17.6 Å². The number of halogens is 2. The number of unbranched alkanes of at least 4 members (excludes halogenated alkanes) is 1. The Bertz CT molecular complexity index is 590. The van der Waals surface area contributed by atoms with E-state index in [2.05, 4.69) is 5.32 Å². The number of carbonyl (C=O) groups is 1. The van der Waals surface area contributed by atoms with Crippen molar-refractivity contribution in [2.75, 3.05) is 6.54 Å². The number of nitrogens with one attached hydrogen (secondary N) is 1. The number of sulfonamides is 1. The Morgan fingerprint density at radius 1 is 1.47 bits per heavy atom. The molecule has 0 unspecified atom stereocenters. The Labute approximate surface area is 116 Å². The SMILES string of the molecule is CCCCNC(=O)c1cc(S(N)(=O)=O)c(F)cc1Cl. The summed E-state index contributed by atoms with van der Waals surface area (Å²) >= 11 is 5.72. The Morgan fingerprint density at radius 2 is 2.11 bits per heavy atom. The highest BCUT2D eigenvalue weighted by atomic mass is 35.5. The van der Waals surface area contributed by atoms with E-state index in [1.54, 1.807) is 0 Å². The topological polar surface area (TPSA) is 89.3 Å². The Morgan fingerprint density at radius 3 is 2.63 bits per heavy atom. The van der Waals surface area contributed by atoms with Crippen LogP contribution in [0.4, 0.5) is 4.39 Å². The predicted molar refractivity (Wildman–Crippen MR) is 70.0 cm³/mol. The third-order valence-electron chi connectivity index (χ3n) is 2.39. The number of rotatable bonds is 5. The average Bonchev–Trinajstić information content (AvgIpc) is 2.27. The minimum absolute atomic E-state index is 0.122. The van der Waals surface area contributed by atoms with E-state index < -0.39 is 26.6 Å². The smallest absolute Gasteiger partial charge is 0.252 e. The van der Waals surface area contributed by atoms with Gasteiger partial charge in [-0.2, -0.15) is 0 Å². The lowest BCUT2D eigenvalue weighted by Gasteiger charge is -2.08. The molecule has 5 nitrogen and oxygen atoms in total. The van der Waals surface area contributed by atoms with Crippen LogP contribution in [0.25, 0.3) is 0 Å². The van der Waals surface area contributed by atoms with Crippen molar-refractivity contribution in [3.8, 4) is 0 Å². The molecule has 1 aromatic rings. The summed E-state index contributed by atoms with van der Waals surface area (Å²) in [6, 6.07) is 1.60. The first-order valence-electron chi connectivity index (χ1n) is 5.57. The lowest BCUT2D eigenvalue weighted by molar-refractivity contribution is 0.0953. The Balaban J connectivity index is 3.11. The molecule has 8 heteroatoms. The molecule has 0 atom stereocenters. The normalized spacial score (nSPS) is 11.4. The van der Waals surface area contributed by atoms with Crippen LogP contribution in [0, 0.1) is 5.82 Å². The quantitative estimate of drug-likeness (QED) is 0.811.